The van der Waals surface area contributed by atoms with Crippen LogP contribution in [0.25, 0.3) is 27.6 Å². The highest BCUT2D eigenvalue weighted by atomic mass is 27.1. The van der Waals surface area contributed by atoms with Crippen LogP contribution in [0.3, 0.4) is 0 Å². The molecule has 1 aliphatic heterocycles. The Labute approximate surface area is 100 Å². The summed E-state index contributed by atoms with van der Waals surface area (Å²) in [6.45, 7) is 0. The van der Waals surface area contributed by atoms with Gasteiger partial charge in [-0.25, -0.2) is 0 Å². The molecule has 0 N–H and O–H groups in total. The van der Waals surface area contributed by atoms with Gasteiger partial charge >= 0.3 is 0 Å². The van der Waals surface area contributed by atoms with Gasteiger partial charge < -0.3 is 0 Å². The fraction of sp³-hybridized carbons (Fsp3) is 0.0667. The van der Waals surface area contributed by atoms with Crippen molar-refractivity contribution in [3.05, 3.63) is 47.7 Å². The Morgan fingerprint density at radius 2 is 1.62 bits per heavy atom. The topological polar surface area (TPSA) is 0 Å². The molecule has 0 amide bonds. The van der Waals surface area contributed by atoms with Gasteiger partial charge in [-0.2, -0.15) is 0 Å². The van der Waals surface area contributed by atoms with Crippen molar-refractivity contribution >= 4 is 47.3 Å². The van der Waals surface area contributed by atoms with Crippen LogP contribution in [0.15, 0.2) is 42.5 Å². The minimum Gasteiger partial charge on any atom is -0.115 e. The van der Waals surface area contributed by atoms with Gasteiger partial charge in [0.25, 0.3) is 15.2 Å². The van der Waals surface area contributed by atoms with Gasteiger partial charge in [-0.3, -0.25) is 0 Å². The molecule has 0 atom stereocenters. The molecule has 0 spiro atoms. The van der Waals surface area contributed by atoms with E-state index in [4.69, 9.17) is 0 Å². The summed E-state index contributed by atoms with van der Waals surface area (Å²) in [6.07, 6.45) is 2.41. The van der Waals surface area contributed by atoms with Crippen molar-refractivity contribution < 1.29 is 0 Å². The van der Waals surface area contributed by atoms with Crippen LogP contribution in [0, 0.1) is 0 Å². The molecule has 73 valence electrons. The van der Waals surface area contributed by atoms with Gasteiger partial charge in [0.15, 0.2) is 0 Å². The van der Waals surface area contributed by atoms with Crippen molar-refractivity contribution in [3.8, 4) is 0 Å². The number of hydrogen-bond donors (Lipinski definition) is 0. The molecule has 1 aliphatic rings. The fourth-order valence-electron chi connectivity index (χ4n) is 2.79. The lowest BCUT2D eigenvalue weighted by molar-refractivity contribution is 1.65. The molecule has 0 unspecified atom stereocenters. The molecule has 0 saturated heterocycles. The van der Waals surface area contributed by atoms with E-state index in [1.165, 1.54) is 32.0 Å². The molecule has 0 fully saturated rings. The maximum absolute atomic E-state index is 2.41. The summed E-state index contributed by atoms with van der Waals surface area (Å²) in [6, 6.07) is 15.7. The Bertz CT molecular complexity index is 740. The predicted molar refractivity (Wildman–Crippen MR) is 71.3 cm³/mol. The lowest BCUT2D eigenvalue weighted by Crippen LogP contribution is -2.24. The minimum absolute atomic E-state index is 0.443. The number of rotatable bonds is 0. The van der Waals surface area contributed by atoms with E-state index in [0.29, 0.717) is 15.2 Å². The highest BCUT2D eigenvalue weighted by Gasteiger charge is 2.10. The summed E-state index contributed by atoms with van der Waals surface area (Å²) in [7, 11) is 0. The summed E-state index contributed by atoms with van der Waals surface area (Å²) in [4.78, 5) is 0. The van der Waals surface area contributed by atoms with Crippen LogP contribution in [0.1, 0.15) is 0 Å². The van der Waals surface area contributed by atoms with Crippen molar-refractivity contribution in [2.45, 2.75) is 5.28 Å². The third kappa shape index (κ3) is 1.05. The van der Waals surface area contributed by atoms with Crippen molar-refractivity contribution in [1.82, 2.24) is 0 Å². The van der Waals surface area contributed by atoms with Crippen LogP contribution in [0.5, 0.6) is 0 Å². The predicted octanol–water partition coefficient (Wildman–Crippen LogP) is 2.25. The van der Waals surface area contributed by atoms with Crippen LogP contribution >= 0.6 is 0 Å². The SMILES string of the molecule is C1=c2ccc3cccc4cc[c](c2c43)[Al][CH2]1. The van der Waals surface area contributed by atoms with E-state index < -0.39 is 0 Å². The summed E-state index contributed by atoms with van der Waals surface area (Å²) in [5.41, 5.74) is 0. The molecular formula is C15H10Al. The van der Waals surface area contributed by atoms with E-state index in [1.807, 2.05) is 0 Å². The summed E-state index contributed by atoms with van der Waals surface area (Å²) < 4.78 is 1.60. The molecule has 16 heavy (non-hydrogen) atoms. The largest absolute Gasteiger partial charge is 0.256 e. The zero-order valence-electron chi connectivity index (χ0n) is 8.90. The fourth-order valence-corrected chi connectivity index (χ4v) is 4.16. The average molecular weight is 217 g/mol. The van der Waals surface area contributed by atoms with Gasteiger partial charge in [0.05, 0.1) is 0 Å². The Morgan fingerprint density at radius 3 is 2.50 bits per heavy atom. The van der Waals surface area contributed by atoms with E-state index >= 15 is 0 Å². The number of hydrogen-bond acceptors (Lipinski definition) is 0. The van der Waals surface area contributed by atoms with Gasteiger partial charge in [-0.15, -0.1) is 4.43 Å². The molecule has 3 aromatic carbocycles. The zero-order chi connectivity index (χ0) is 10.5. The molecule has 0 saturated carbocycles. The normalized spacial score (nSPS) is 13.8. The first kappa shape index (κ1) is 8.82. The van der Waals surface area contributed by atoms with E-state index in [1.54, 1.807) is 4.43 Å². The first-order valence-electron chi connectivity index (χ1n) is 5.71. The molecule has 0 nitrogen and oxygen atoms in total. The average Bonchev–Trinajstić information content (AvgIpc) is 2.36. The lowest BCUT2D eigenvalue weighted by atomic mass is 9.99. The number of benzene rings is 3. The molecule has 1 heterocycles. The molecule has 0 aromatic heterocycles. The molecular weight excluding hydrogens is 207 g/mol. The van der Waals surface area contributed by atoms with Crippen molar-refractivity contribution in [1.29, 1.82) is 0 Å². The van der Waals surface area contributed by atoms with Gasteiger partial charge in [-0.05, 0) is 26.8 Å². The van der Waals surface area contributed by atoms with Gasteiger partial charge in [0.1, 0.15) is 0 Å². The Morgan fingerprint density at radius 1 is 0.812 bits per heavy atom. The Balaban J connectivity index is 2.45. The summed E-state index contributed by atoms with van der Waals surface area (Å²) in [5.74, 6) is 0. The van der Waals surface area contributed by atoms with Crippen molar-refractivity contribution in [2.24, 2.45) is 0 Å². The highest BCUT2D eigenvalue weighted by molar-refractivity contribution is 6.59. The van der Waals surface area contributed by atoms with E-state index in [9.17, 15) is 0 Å². The smallest absolute Gasteiger partial charge is 0.115 e. The first-order valence-corrected chi connectivity index (χ1v) is 7.10. The lowest BCUT2D eigenvalue weighted by Gasteiger charge is -2.14. The van der Waals surface area contributed by atoms with Crippen LogP contribution in [-0.4, -0.2) is 15.2 Å². The van der Waals surface area contributed by atoms with Crippen LogP contribution < -0.4 is 9.64 Å². The van der Waals surface area contributed by atoms with Gasteiger partial charge in [0.2, 0.25) is 0 Å². The second-order valence-corrected chi connectivity index (χ2v) is 5.91. The van der Waals surface area contributed by atoms with Crippen LogP contribution in [0.2, 0.25) is 5.28 Å². The van der Waals surface area contributed by atoms with Gasteiger partial charge in [-0.1, -0.05) is 53.8 Å². The van der Waals surface area contributed by atoms with Crippen LogP contribution in [0.4, 0.5) is 0 Å². The Kier molecular flexibility index (Phi) is 1.71. The highest BCUT2D eigenvalue weighted by Crippen LogP contribution is 2.23. The maximum Gasteiger partial charge on any atom is 0.256 e. The monoisotopic (exact) mass is 217 g/mol. The first-order chi connectivity index (χ1) is 7.93. The molecule has 4 rings (SSSR count). The van der Waals surface area contributed by atoms with Crippen molar-refractivity contribution in [2.75, 3.05) is 0 Å². The third-order valence-electron chi connectivity index (χ3n) is 3.52. The van der Waals surface area contributed by atoms with Crippen molar-refractivity contribution in [3.63, 3.8) is 0 Å². The second-order valence-electron chi connectivity index (χ2n) is 4.41. The quantitative estimate of drug-likeness (QED) is 0.507. The molecule has 0 bridgehead atoms. The summed E-state index contributed by atoms with van der Waals surface area (Å²) in [5, 5.41) is 8.47. The third-order valence-corrected chi connectivity index (χ3v) is 4.91. The maximum atomic E-state index is 2.41. The van der Waals surface area contributed by atoms with E-state index in [-0.39, 0.29) is 0 Å². The molecule has 3 aromatic rings. The van der Waals surface area contributed by atoms with E-state index in [0.717, 1.165) is 0 Å². The minimum atomic E-state index is 0.443. The second kappa shape index (κ2) is 3.11. The van der Waals surface area contributed by atoms with Gasteiger partial charge in [0, 0.05) is 0 Å². The zero-order valence-corrected chi connectivity index (χ0v) is 10.1. The standard InChI is InChI=1S/C15H10.Al/c1-2-11-9-10-13-6-3-5-12-7-4-8-14(11)15(12)13;/h2-7,9-10H,1H2;. The van der Waals surface area contributed by atoms with Crippen LogP contribution in [-0.2, 0) is 0 Å². The van der Waals surface area contributed by atoms with E-state index in [2.05, 4.69) is 48.5 Å². The summed E-state index contributed by atoms with van der Waals surface area (Å²) >= 11 is 0.443. The molecule has 0 aliphatic carbocycles. The molecule has 1 heteroatoms. The molecule has 1 radical (unpaired) electrons. The Hall–Kier alpha value is -1.29.